The maximum Gasteiger partial charge on any atom is 0.150 e. The van der Waals surface area contributed by atoms with Crippen LogP contribution in [0.5, 0.6) is 0 Å². The molecule has 5 heteroatoms. The molecule has 2 aromatic rings. The molecule has 0 amide bonds. The molecule has 3 heterocycles. The van der Waals surface area contributed by atoms with E-state index in [2.05, 4.69) is 26.7 Å². The molecule has 0 aliphatic carbocycles. The first-order chi connectivity index (χ1) is 8.22. The van der Waals surface area contributed by atoms with Crippen molar-refractivity contribution in [2.75, 3.05) is 6.54 Å². The van der Waals surface area contributed by atoms with Crippen molar-refractivity contribution in [2.45, 2.75) is 26.4 Å². The highest BCUT2D eigenvalue weighted by molar-refractivity contribution is 5.16. The van der Waals surface area contributed by atoms with Gasteiger partial charge in [0, 0.05) is 38.3 Å². The molecule has 0 bridgehead atoms. The number of hydrogen-bond donors (Lipinski definition) is 0. The Balaban J connectivity index is 1.72. The molecule has 1 aliphatic heterocycles. The molecule has 1 aliphatic rings. The van der Waals surface area contributed by atoms with Crippen LogP contribution < -0.4 is 0 Å². The Morgan fingerprint density at radius 1 is 1.47 bits per heavy atom. The summed E-state index contributed by atoms with van der Waals surface area (Å²) in [6, 6.07) is 1.99. The molecule has 0 radical (unpaired) electrons. The molecule has 0 unspecified atom stereocenters. The fourth-order valence-corrected chi connectivity index (χ4v) is 2.36. The predicted molar refractivity (Wildman–Crippen MR) is 62.3 cm³/mol. The summed E-state index contributed by atoms with van der Waals surface area (Å²) in [6.07, 6.45) is 2.95. The molecule has 90 valence electrons. The summed E-state index contributed by atoms with van der Waals surface area (Å²) in [5.41, 5.74) is 3.49. The van der Waals surface area contributed by atoms with Crippen molar-refractivity contribution in [3.63, 3.8) is 0 Å². The lowest BCUT2D eigenvalue weighted by molar-refractivity contribution is 0.210. The number of aryl methyl sites for hydroxylation is 2. The molecule has 3 rings (SSSR count). The largest absolute Gasteiger partial charge is 0.360 e. The van der Waals surface area contributed by atoms with E-state index >= 15 is 0 Å². The lowest BCUT2D eigenvalue weighted by Gasteiger charge is -2.25. The number of imidazole rings is 1. The van der Waals surface area contributed by atoms with E-state index in [1.165, 1.54) is 11.4 Å². The zero-order valence-corrected chi connectivity index (χ0v) is 10.2. The van der Waals surface area contributed by atoms with Gasteiger partial charge in [0.2, 0.25) is 0 Å². The minimum absolute atomic E-state index is 0.816. The Kier molecular flexibility index (Phi) is 2.48. The van der Waals surface area contributed by atoms with Gasteiger partial charge in [0.25, 0.3) is 0 Å². The Morgan fingerprint density at radius 2 is 2.35 bits per heavy atom. The fourth-order valence-electron chi connectivity index (χ4n) is 2.36. The van der Waals surface area contributed by atoms with Crippen molar-refractivity contribution >= 4 is 0 Å². The van der Waals surface area contributed by atoms with Gasteiger partial charge in [-0.15, -0.1) is 0 Å². The van der Waals surface area contributed by atoms with Gasteiger partial charge in [-0.05, 0) is 6.92 Å². The second kappa shape index (κ2) is 4.00. The highest BCUT2D eigenvalue weighted by atomic mass is 16.5. The van der Waals surface area contributed by atoms with Crippen LogP contribution in [0.4, 0.5) is 0 Å². The van der Waals surface area contributed by atoms with Gasteiger partial charge in [0.15, 0.2) is 5.76 Å². The number of rotatable bonds is 2. The zero-order chi connectivity index (χ0) is 11.8. The van der Waals surface area contributed by atoms with Gasteiger partial charge in [-0.2, -0.15) is 0 Å². The van der Waals surface area contributed by atoms with Gasteiger partial charge in [0.1, 0.15) is 0 Å². The Labute approximate surface area is 100 Å². The van der Waals surface area contributed by atoms with E-state index in [4.69, 9.17) is 4.52 Å². The van der Waals surface area contributed by atoms with E-state index < -0.39 is 0 Å². The van der Waals surface area contributed by atoms with Crippen LogP contribution in [-0.2, 0) is 26.6 Å². The minimum atomic E-state index is 0.816. The van der Waals surface area contributed by atoms with Crippen LogP contribution >= 0.6 is 0 Å². The van der Waals surface area contributed by atoms with Crippen molar-refractivity contribution in [1.82, 2.24) is 19.6 Å². The zero-order valence-electron chi connectivity index (χ0n) is 10.2. The second-order valence-corrected chi connectivity index (χ2v) is 4.64. The third kappa shape index (κ3) is 1.98. The van der Waals surface area contributed by atoms with Crippen molar-refractivity contribution in [3.05, 3.63) is 35.2 Å². The monoisotopic (exact) mass is 232 g/mol. The molecular formula is C12H16N4O. The quantitative estimate of drug-likeness (QED) is 0.782. The highest BCUT2D eigenvalue weighted by Gasteiger charge is 2.20. The fraction of sp³-hybridized carbons (Fsp3) is 0.500. The maximum atomic E-state index is 5.24. The molecule has 5 nitrogen and oxygen atoms in total. The summed E-state index contributed by atoms with van der Waals surface area (Å²) >= 11 is 0. The van der Waals surface area contributed by atoms with Crippen LogP contribution in [0.2, 0.25) is 0 Å². The average molecular weight is 232 g/mol. The molecule has 2 aromatic heterocycles. The van der Waals surface area contributed by atoms with Crippen molar-refractivity contribution in [3.8, 4) is 0 Å². The first-order valence-electron chi connectivity index (χ1n) is 5.86. The summed E-state index contributed by atoms with van der Waals surface area (Å²) in [4.78, 5) is 6.77. The first-order valence-corrected chi connectivity index (χ1v) is 5.86. The van der Waals surface area contributed by atoms with Crippen LogP contribution in [-0.4, -0.2) is 26.2 Å². The third-order valence-electron chi connectivity index (χ3n) is 3.24. The van der Waals surface area contributed by atoms with E-state index in [9.17, 15) is 0 Å². The maximum absolute atomic E-state index is 5.24. The molecule has 17 heavy (non-hydrogen) atoms. The van der Waals surface area contributed by atoms with Crippen LogP contribution in [0.1, 0.15) is 22.8 Å². The van der Waals surface area contributed by atoms with Crippen LogP contribution in [0.3, 0.4) is 0 Å². The summed E-state index contributed by atoms with van der Waals surface area (Å²) < 4.78 is 7.36. The van der Waals surface area contributed by atoms with E-state index in [1.807, 2.05) is 19.3 Å². The third-order valence-corrected chi connectivity index (χ3v) is 3.24. The summed E-state index contributed by atoms with van der Waals surface area (Å²) in [6.45, 7) is 4.71. The van der Waals surface area contributed by atoms with Crippen molar-refractivity contribution in [2.24, 2.45) is 7.05 Å². The van der Waals surface area contributed by atoms with Gasteiger partial charge in [0.05, 0.1) is 24.3 Å². The van der Waals surface area contributed by atoms with Gasteiger partial charge in [-0.3, -0.25) is 4.90 Å². The van der Waals surface area contributed by atoms with Crippen LogP contribution in [0.15, 0.2) is 16.9 Å². The Hall–Kier alpha value is -1.62. The predicted octanol–water partition coefficient (Wildman–Crippen LogP) is 1.27. The SMILES string of the molecule is Cc1cc(CN2CCc3c(ncn3C)C2)on1. The minimum Gasteiger partial charge on any atom is -0.360 e. The van der Waals surface area contributed by atoms with Crippen LogP contribution in [0, 0.1) is 6.92 Å². The average Bonchev–Trinajstić information content (AvgIpc) is 2.87. The number of fused-ring (bicyclic) bond motifs is 1. The molecule has 0 N–H and O–H groups in total. The van der Waals surface area contributed by atoms with Crippen molar-refractivity contribution < 1.29 is 4.52 Å². The number of aromatic nitrogens is 3. The molecule has 0 fully saturated rings. The molecule has 0 spiro atoms. The van der Waals surface area contributed by atoms with E-state index in [0.717, 1.165) is 37.5 Å². The Morgan fingerprint density at radius 3 is 3.12 bits per heavy atom. The van der Waals surface area contributed by atoms with Gasteiger partial charge in [-0.1, -0.05) is 5.16 Å². The molecule has 0 aromatic carbocycles. The number of nitrogens with zero attached hydrogens (tertiary/aromatic N) is 4. The lowest BCUT2D eigenvalue weighted by atomic mass is 10.1. The van der Waals surface area contributed by atoms with E-state index in [0.29, 0.717) is 0 Å². The molecule has 0 saturated carbocycles. The van der Waals surface area contributed by atoms with Gasteiger partial charge >= 0.3 is 0 Å². The van der Waals surface area contributed by atoms with Crippen molar-refractivity contribution in [1.29, 1.82) is 0 Å². The second-order valence-electron chi connectivity index (χ2n) is 4.64. The lowest BCUT2D eigenvalue weighted by Crippen LogP contribution is -2.30. The standard InChI is InChI=1S/C12H16N4O/c1-9-5-10(17-14-9)6-16-4-3-12-11(7-16)13-8-15(12)2/h5,8H,3-4,6-7H2,1-2H3. The molecule has 0 saturated heterocycles. The van der Waals surface area contributed by atoms with E-state index in [-0.39, 0.29) is 0 Å². The summed E-state index contributed by atoms with van der Waals surface area (Å²) in [5.74, 6) is 0.932. The van der Waals surface area contributed by atoms with Gasteiger partial charge < -0.3 is 9.09 Å². The summed E-state index contributed by atoms with van der Waals surface area (Å²) in [7, 11) is 2.06. The molecular weight excluding hydrogens is 216 g/mol. The first kappa shape index (κ1) is 10.5. The normalized spacial score (nSPS) is 16.1. The highest BCUT2D eigenvalue weighted by Crippen LogP contribution is 2.18. The molecule has 0 atom stereocenters. The number of hydrogen-bond acceptors (Lipinski definition) is 4. The topological polar surface area (TPSA) is 47.1 Å². The van der Waals surface area contributed by atoms with Gasteiger partial charge in [-0.25, -0.2) is 4.98 Å². The summed E-state index contributed by atoms with van der Waals surface area (Å²) in [5, 5.41) is 3.91. The van der Waals surface area contributed by atoms with Crippen LogP contribution in [0.25, 0.3) is 0 Å². The van der Waals surface area contributed by atoms with E-state index in [1.54, 1.807) is 0 Å². The Bertz CT molecular complexity index is 528. The smallest absolute Gasteiger partial charge is 0.150 e.